The van der Waals surface area contributed by atoms with Gasteiger partial charge in [-0.3, -0.25) is 0 Å². The van der Waals surface area contributed by atoms with Crippen molar-refractivity contribution >= 4 is 28.9 Å². The van der Waals surface area contributed by atoms with Gasteiger partial charge in [0.25, 0.3) is 0 Å². The minimum atomic E-state index is 0.262. The topological polar surface area (TPSA) is 12.5 Å². The number of hydrogen-bond donors (Lipinski definition) is 0. The molecule has 0 spiro atoms. The normalized spacial score (nSPS) is 10.9. The number of rotatable bonds is 6. The van der Waals surface area contributed by atoms with Crippen LogP contribution in [0.1, 0.15) is 19.4 Å². The van der Waals surface area contributed by atoms with Gasteiger partial charge in [-0.2, -0.15) is 0 Å². The zero-order valence-electron chi connectivity index (χ0n) is 10.5. The van der Waals surface area contributed by atoms with Crippen LogP contribution in [0.2, 0.25) is 5.02 Å². The van der Waals surface area contributed by atoms with Crippen molar-refractivity contribution in [2.24, 2.45) is 0 Å². The number of nitrogens with zero attached hydrogens (tertiary/aromatic N) is 1. The first-order valence-electron chi connectivity index (χ1n) is 5.71. The molecule has 0 aliphatic heterocycles. The second-order valence-corrected chi connectivity index (χ2v) is 4.93. The summed E-state index contributed by atoms with van der Waals surface area (Å²) in [6.07, 6.45) is 0.262. The molecule has 0 N–H and O–H groups in total. The summed E-state index contributed by atoms with van der Waals surface area (Å²) in [7, 11) is 2.01. The zero-order valence-corrected chi connectivity index (χ0v) is 12.1. The lowest BCUT2D eigenvalue weighted by molar-refractivity contribution is 0.0846. The van der Waals surface area contributed by atoms with E-state index < -0.39 is 0 Å². The molecule has 0 amide bonds. The second kappa shape index (κ2) is 7.10. The van der Waals surface area contributed by atoms with Crippen LogP contribution in [-0.4, -0.2) is 26.3 Å². The number of halogens is 2. The first kappa shape index (κ1) is 14.6. The van der Waals surface area contributed by atoms with E-state index in [4.69, 9.17) is 27.9 Å². The van der Waals surface area contributed by atoms with Gasteiger partial charge in [-0.25, -0.2) is 0 Å². The fraction of sp³-hybridized carbons (Fsp3) is 0.538. The van der Waals surface area contributed by atoms with Gasteiger partial charge in [0.05, 0.1) is 23.4 Å². The van der Waals surface area contributed by atoms with Gasteiger partial charge in [0.15, 0.2) is 0 Å². The third kappa shape index (κ3) is 4.74. The first-order chi connectivity index (χ1) is 8.04. The quantitative estimate of drug-likeness (QED) is 0.730. The number of benzene rings is 1. The molecule has 96 valence electrons. The van der Waals surface area contributed by atoms with Crippen molar-refractivity contribution in [1.82, 2.24) is 0 Å². The molecule has 0 bridgehead atoms. The Labute approximate surface area is 113 Å². The molecule has 2 nitrogen and oxygen atoms in total. The van der Waals surface area contributed by atoms with E-state index in [-0.39, 0.29) is 6.10 Å². The molecule has 0 atom stereocenters. The van der Waals surface area contributed by atoms with Crippen molar-refractivity contribution < 1.29 is 4.74 Å². The van der Waals surface area contributed by atoms with E-state index in [1.54, 1.807) is 0 Å². The summed E-state index contributed by atoms with van der Waals surface area (Å²) in [5.41, 5.74) is 2.04. The molecular weight excluding hydrogens is 257 g/mol. The molecule has 0 saturated heterocycles. The van der Waals surface area contributed by atoms with Crippen molar-refractivity contribution in [3.8, 4) is 0 Å². The number of hydrogen-bond acceptors (Lipinski definition) is 2. The van der Waals surface area contributed by atoms with Crippen molar-refractivity contribution in [3.05, 3.63) is 28.8 Å². The summed E-state index contributed by atoms with van der Waals surface area (Å²) in [5, 5.41) is 0.732. The van der Waals surface area contributed by atoms with Crippen molar-refractivity contribution in [2.45, 2.75) is 25.8 Å². The van der Waals surface area contributed by atoms with Crippen molar-refractivity contribution in [1.29, 1.82) is 0 Å². The molecule has 0 radical (unpaired) electrons. The van der Waals surface area contributed by atoms with Crippen molar-refractivity contribution in [2.75, 3.05) is 25.1 Å². The molecule has 0 unspecified atom stereocenters. The summed E-state index contributed by atoms with van der Waals surface area (Å²) >= 11 is 12.0. The molecule has 4 heteroatoms. The van der Waals surface area contributed by atoms with E-state index in [2.05, 4.69) is 4.90 Å². The smallest absolute Gasteiger partial charge is 0.0644 e. The Morgan fingerprint density at radius 2 is 2.06 bits per heavy atom. The fourth-order valence-corrected chi connectivity index (χ4v) is 2.00. The SMILES string of the molecule is CC(C)OCCN(C)c1ccc(CCl)cc1Cl. The standard InChI is InChI=1S/C13H19Cl2NO/c1-10(2)17-7-6-16(3)13-5-4-11(9-14)8-12(13)15/h4-5,8,10H,6-7,9H2,1-3H3. The predicted molar refractivity (Wildman–Crippen MR) is 75.4 cm³/mol. The Morgan fingerprint density at radius 1 is 1.35 bits per heavy atom. The van der Waals surface area contributed by atoms with Gasteiger partial charge in [-0.15, -0.1) is 11.6 Å². The third-order valence-corrected chi connectivity index (χ3v) is 3.07. The van der Waals surface area contributed by atoms with Crippen LogP contribution in [0.25, 0.3) is 0 Å². The summed E-state index contributed by atoms with van der Waals surface area (Å²) in [6, 6.07) is 5.90. The summed E-state index contributed by atoms with van der Waals surface area (Å²) in [6.45, 7) is 5.57. The highest BCUT2D eigenvalue weighted by Gasteiger charge is 2.07. The van der Waals surface area contributed by atoms with Crippen LogP contribution in [0.15, 0.2) is 18.2 Å². The van der Waals surface area contributed by atoms with E-state index in [1.807, 2.05) is 39.1 Å². The fourth-order valence-electron chi connectivity index (χ4n) is 1.49. The summed E-state index contributed by atoms with van der Waals surface area (Å²) in [4.78, 5) is 2.09. The highest BCUT2D eigenvalue weighted by molar-refractivity contribution is 6.33. The molecular formula is C13H19Cl2NO. The van der Waals surface area contributed by atoms with Gasteiger partial charge in [-0.1, -0.05) is 17.7 Å². The van der Waals surface area contributed by atoms with Crippen LogP contribution >= 0.6 is 23.2 Å². The number of likely N-dealkylation sites (N-methyl/N-ethyl adjacent to an activating group) is 1. The van der Waals surface area contributed by atoms with E-state index in [1.165, 1.54) is 0 Å². The van der Waals surface area contributed by atoms with E-state index in [0.717, 1.165) is 22.8 Å². The Balaban J connectivity index is 2.59. The molecule has 17 heavy (non-hydrogen) atoms. The average Bonchev–Trinajstić information content (AvgIpc) is 2.28. The Bertz CT molecular complexity index is 355. The Hall–Kier alpha value is -0.440. The average molecular weight is 276 g/mol. The molecule has 0 aliphatic carbocycles. The van der Waals surface area contributed by atoms with Crippen LogP contribution in [0, 0.1) is 0 Å². The highest BCUT2D eigenvalue weighted by Crippen LogP contribution is 2.26. The van der Waals surface area contributed by atoms with E-state index in [9.17, 15) is 0 Å². The lowest BCUT2D eigenvalue weighted by Crippen LogP contribution is -2.24. The maximum Gasteiger partial charge on any atom is 0.0644 e. The number of ether oxygens (including phenoxy) is 1. The molecule has 0 aromatic heterocycles. The van der Waals surface area contributed by atoms with Gasteiger partial charge in [0.1, 0.15) is 0 Å². The van der Waals surface area contributed by atoms with Gasteiger partial charge in [0, 0.05) is 19.5 Å². The van der Waals surface area contributed by atoms with Crippen LogP contribution < -0.4 is 4.90 Å². The molecule has 0 heterocycles. The van der Waals surface area contributed by atoms with E-state index >= 15 is 0 Å². The third-order valence-electron chi connectivity index (χ3n) is 2.46. The van der Waals surface area contributed by atoms with Gasteiger partial charge in [-0.05, 0) is 31.5 Å². The van der Waals surface area contributed by atoms with Crippen LogP contribution in [-0.2, 0) is 10.6 Å². The highest BCUT2D eigenvalue weighted by atomic mass is 35.5. The monoisotopic (exact) mass is 275 g/mol. The summed E-state index contributed by atoms with van der Waals surface area (Å²) < 4.78 is 5.51. The molecule has 1 aromatic carbocycles. The first-order valence-corrected chi connectivity index (χ1v) is 6.63. The van der Waals surface area contributed by atoms with Gasteiger partial charge >= 0.3 is 0 Å². The number of alkyl halides is 1. The Morgan fingerprint density at radius 3 is 2.59 bits per heavy atom. The minimum Gasteiger partial charge on any atom is -0.377 e. The van der Waals surface area contributed by atoms with Crippen LogP contribution in [0.5, 0.6) is 0 Å². The molecule has 1 aromatic rings. The maximum atomic E-state index is 6.20. The minimum absolute atomic E-state index is 0.262. The molecule has 0 fully saturated rings. The van der Waals surface area contributed by atoms with Gasteiger partial charge < -0.3 is 9.64 Å². The Kier molecular flexibility index (Phi) is 6.10. The van der Waals surface area contributed by atoms with Gasteiger partial charge in [0.2, 0.25) is 0 Å². The zero-order chi connectivity index (χ0) is 12.8. The molecule has 0 aliphatic rings. The predicted octanol–water partition coefficient (Wildman–Crippen LogP) is 3.94. The van der Waals surface area contributed by atoms with Crippen molar-refractivity contribution in [3.63, 3.8) is 0 Å². The molecule has 0 saturated carbocycles. The molecule has 1 rings (SSSR count). The lowest BCUT2D eigenvalue weighted by Gasteiger charge is -2.21. The maximum absolute atomic E-state index is 6.20. The van der Waals surface area contributed by atoms with E-state index in [0.29, 0.717) is 12.5 Å². The summed E-state index contributed by atoms with van der Waals surface area (Å²) in [5.74, 6) is 0.486. The lowest BCUT2D eigenvalue weighted by atomic mass is 10.2. The van der Waals surface area contributed by atoms with Crippen LogP contribution in [0.3, 0.4) is 0 Å². The largest absolute Gasteiger partial charge is 0.377 e. The number of anilines is 1. The second-order valence-electron chi connectivity index (χ2n) is 4.26. The van der Waals surface area contributed by atoms with Crippen LogP contribution in [0.4, 0.5) is 5.69 Å².